The van der Waals surface area contributed by atoms with Crippen LogP contribution in [0.5, 0.6) is 0 Å². The summed E-state index contributed by atoms with van der Waals surface area (Å²) >= 11 is 0. The van der Waals surface area contributed by atoms with Crippen molar-refractivity contribution in [1.29, 1.82) is 0 Å². The normalized spacial score (nSPS) is 10.2. The predicted molar refractivity (Wildman–Crippen MR) is 55.5 cm³/mol. The first-order valence-electron chi connectivity index (χ1n) is 4.45. The van der Waals surface area contributed by atoms with E-state index in [-0.39, 0.29) is 0 Å². The van der Waals surface area contributed by atoms with Crippen molar-refractivity contribution in [3.8, 4) is 0 Å². The lowest BCUT2D eigenvalue weighted by Crippen LogP contribution is -2.02. The number of ether oxygens (including phenoxy) is 1. The Bertz CT molecular complexity index is 274. The van der Waals surface area contributed by atoms with Crippen molar-refractivity contribution in [3.05, 3.63) is 23.8 Å². The molecule has 0 aliphatic heterocycles. The van der Waals surface area contributed by atoms with Crippen molar-refractivity contribution >= 4 is 11.4 Å². The minimum Gasteiger partial charge on any atom is -0.399 e. The molecule has 0 amide bonds. The molecular formula is C10H16N2O. The zero-order chi connectivity index (χ0) is 9.68. The fraction of sp³-hybridized carbons (Fsp3) is 0.400. The number of anilines is 2. The first kappa shape index (κ1) is 9.86. The van der Waals surface area contributed by atoms with E-state index >= 15 is 0 Å². The lowest BCUT2D eigenvalue weighted by molar-refractivity contribution is 0.151. The third-order valence-electron chi connectivity index (χ3n) is 1.89. The van der Waals surface area contributed by atoms with Gasteiger partial charge >= 0.3 is 0 Å². The Hall–Kier alpha value is -1.22. The molecule has 0 heterocycles. The molecule has 4 N–H and O–H groups in total. The lowest BCUT2D eigenvalue weighted by atomic mass is 10.1. The Morgan fingerprint density at radius 2 is 2.08 bits per heavy atom. The summed E-state index contributed by atoms with van der Waals surface area (Å²) in [5, 5.41) is 0. The van der Waals surface area contributed by atoms with Gasteiger partial charge in [0.2, 0.25) is 0 Å². The highest BCUT2D eigenvalue weighted by Gasteiger charge is 1.98. The fourth-order valence-electron chi connectivity index (χ4n) is 1.17. The van der Waals surface area contributed by atoms with Gasteiger partial charge in [0.05, 0.1) is 6.61 Å². The van der Waals surface area contributed by atoms with Gasteiger partial charge in [0, 0.05) is 18.0 Å². The number of hydrogen-bond donors (Lipinski definition) is 2. The molecule has 0 saturated heterocycles. The van der Waals surface area contributed by atoms with E-state index in [1.807, 2.05) is 19.1 Å². The van der Waals surface area contributed by atoms with Gasteiger partial charge in [-0.25, -0.2) is 0 Å². The first-order chi connectivity index (χ1) is 6.24. The van der Waals surface area contributed by atoms with Crippen molar-refractivity contribution in [2.24, 2.45) is 0 Å². The van der Waals surface area contributed by atoms with E-state index in [0.29, 0.717) is 12.3 Å². The molecule has 13 heavy (non-hydrogen) atoms. The van der Waals surface area contributed by atoms with Crippen molar-refractivity contribution in [2.45, 2.75) is 13.3 Å². The average molecular weight is 180 g/mol. The molecule has 3 heteroatoms. The summed E-state index contributed by atoms with van der Waals surface area (Å²) < 4.78 is 5.24. The maximum Gasteiger partial charge on any atom is 0.0507 e. The second-order valence-electron chi connectivity index (χ2n) is 2.91. The largest absolute Gasteiger partial charge is 0.399 e. The van der Waals surface area contributed by atoms with Crippen LogP contribution >= 0.6 is 0 Å². The van der Waals surface area contributed by atoms with Crippen molar-refractivity contribution in [3.63, 3.8) is 0 Å². The summed E-state index contributed by atoms with van der Waals surface area (Å²) in [4.78, 5) is 0. The number of nitrogens with two attached hydrogens (primary N) is 2. The molecule has 0 atom stereocenters. The number of benzene rings is 1. The second kappa shape index (κ2) is 4.72. The van der Waals surface area contributed by atoms with Crippen LogP contribution in [0.1, 0.15) is 12.5 Å². The maximum atomic E-state index is 5.77. The lowest BCUT2D eigenvalue weighted by Gasteiger charge is -2.06. The molecule has 1 rings (SSSR count). The molecule has 1 aromatic carbocycles. The van der Waals surface area contributed by atoms with Crippen LogP contribution in [0.2, 0.25) is 0 Å². The van der Waals surface area contributed by atoms with Crippen molar-refractivity contribution in [2.75, 3.05) is 24.7 Å². The van der Waals surface area contributed by atoms with E-state index in [0.717, 1.165) is 24.3 Å². The van der Waals surface area contributed by atoms with Crippen LogP contribution in [0.25, 0.3) is 0 Å². The van der Waals surface area contributed by atoms with Gasteiger partial charge in [0.1, 0.15) is 0 Å². The zero-order valence-corrected chi connectivity index (χ0v) is 7.92. The third kappa shape index (κ3) is 2.95. The summed E-state index contributed by atoms with van der Waals surface area (Å²) in [6.45, 7) is 3.44. The van der Waals surface area contributed by atoms with Gasteiger partial charge in [-0.05, 0) is 31.0 Å². The van der Waals surface area contributed by atoms with Gasteiger partial charge in [-0.2, -0.15) is 0 Å². The average Bonchev–Trinajstić information content (AvgIpc) is 2.09. The van der Waals surface area contributed by atoms with Gasteiger partial charge < -0.3 is 16.2 Å². The summed E-state index contributed by atoms with van der Waals surface area (Å²) in [5.41, 5.74) is 13.9. The van der Waals surface area contributed by atoms with E-state index in [1.165, 1.54) is 0 Å². The Kier molecular flexibility index (Phi) is 3.58. The summed E-state index contributed by atoms with van der Waals surface area (Å²) in [6.07, 6.45) is 0.847. The second-order valence-corrected chi connectivity index (χ2v) is 2.91. The highest BCUT2D eigenvalue weighted by atomic mass is 16.5. The highest BCUT2D eigenvalue weighted by molar-refractivity contribution is 5.56. The molecule has 72 valence electrons. The maximum absolute atomic E-state index is 5.77. The molecule has 0 spiro atoms. The molecule has 0 saturated carbocycles. The number of hydrogen-bond acceptors (Lipinski definition) is 3. The summed E-state index contributed by atoms with van der Waals surface area (Å²) in [7, 11) is 0. The van der Waals surface area contributed by atoms with E-state index in [9.17, 15) is 0 Å². The highest BCUT2D eigenvalue weighted by Crippen LogP contribution is 2.15. The van der Waals surface area contributed by atoms with E-state index in [2.05, 4.69) is 0 Å². The van der Waals surface area contributed by atoms with Gasteiger partial charge in [0.15, 0.2) is 0 Å². The molecule has 0 fully saturated rings. The topological polar surface area (TPSA) is 61.3 Å². The monoisotopic (exact) mass is 180 g/mol. The SMILES string of the molecule is CCOCCc1ccc(N)cc1N. The standard InChI is InChI=1S/C10H16N2O/c1-2-13-6-5-8-3-4-9(11)7-10(8)12/h3-4,7H,2,5-6,11-12H2,1H3. The van der Waals surface area contributed by atoms with Crippen LogP contribution in [-0.2, 0) is 11.2 Å². The Balaban J connectivity index is 2.56. The zero-order valence-electron chi connectivity index (χ0n) is 7.92. The Morgan fingerprint density at radius 1 is 1.31 bits per heavy atom. The van der Waals surface area contributed by atoms with Crippen molar-refractivity contribution < 1.29 is 4.74 Å². The van der Waals surface area contributed by atoms with Crippen LogP contribution < -0.4 is 11.5 Å². The van der Waals surface area contributed by atoms with Gasteiger partial charge in [0.25, 0.3) is 0 Å². The van der Waals surface area contributed by atoms with Crippen molar-refractivity contribution in [1.82, 2.24) is 0 Å². The summed E-state index contributed by atoms with van der Waals surface area (Å²) in [6, 6.07) is 5.59. The third-order valence-corrected chi connectivity index (χ3v) is 1.89. The Labute approximate surface area is 78.7 Å². The van der Waals surface area contributed by atoms with Crippen LogP contribution in [0.15, 0.2) is 18.2 Å². The smallest absolute Gasteiger partial charge is 0.0507 e. The molecule has 0 aliphatic carbocycles. The number of nitrogen functional groups attached to an aromatic ring is 2. The van der Waals surface area contributed by atoms with E-state index < -0.39 is 0 Å². The molecule has 0 aromatic heterocycles. The molecule has 0 bridgehead atoms. The summed E-state index contributed by atoms with van der Waals surface area (Å²) in [5.74, 6) is 0. The van der Waals surface area contributed by atoms with E-state index in [1.54, 1.807) is 6.07 Å². The molecular weight excluding hydrogens is 164 g/mol. The molecule has 3 nitrogen and oxygen atoms in total. The quantitative estimate of drug-likeness (QED) is 0.544. The van der Waals surface area contributed by atoms with Crippen LogP contribution in [-0.4, -0.2) is 13.2 Å². The molecule has 0 aliphatic rings. The minimum atomic E-state index is 0.706. The van der Waals surface area contributed by atoms with Crippen LogP contribution in [0, 0.1) is 0 Å². The fourth-order valence-corrected chi connectivity index (χ4v) is 1.17. The van der Waals surface area contributed by atoms with Crippen LogP contribution in [0.3, 0.4) is 0 Å². The number of rotatable bonds is 4. The van der Waals surface area contributed by atoms with Gasteiger partial charge in [-0.15, -0.1) is 0 Å². The minimum absolute atomic E-state index is 0.706. The Morgan fingerprint density at radius 3 is 2.69 bits per heavy atom. The first-order valence-corrected chi connectivity index (χ1v) is 4.45. The van der Waals surface area contributed by atoms with Gasteiger partial charge in [-0.3, -0.25) is 0 Å². The molecule has 0 radical (unpaired) electrons. The van der Waals surface area contributed by atoms with Crippen LogP contribution in [0.4, 0.5) is 11.4 Å². The molecule has 1 aromatic rings. The predicted octanol–water partition coefficient (Wildman–Crippen LogP) is 1.43. The van der Waals surface area contributed by atoms with E-state index in [4.69, 9.17) is 16.2 Å². The molecule has 0 unspecified atom stereocenters. The van der Waals surface area contributed by atoms with Gasteiger partial charge in [-0.1, -0.05) is 6.07 Å².